The van der Waals surface area contributed by atoms with E-state index in [1.165, 1.54) is 5.56 Å². The Morgan fingerprint density at radius 1 is 1.10 bits per heavy atom. The van der Waals surface area contributed by atoms with E-state index >= 15 is 0 Å². The quantitative estimate of drug-likeness (QED) is 0.718. The van der Waals surface area contributed by atoms with E-state index in [-0.39, 0.29) is 0 Å². The van der Waals surface area contributed by atoms with Crippen molar-refractivity contribution in [3.63, 3.8) is 0 Å². The van der Waals surface area contributed by atoms with Gasteiger partial charge in [-0.3, -0.25) is 0 Å². The molecule has 0 fully saturated rings. The van der Waals surface area contributed by atoms with Gasteiger partial charge in [0.2, 0.25) is 5.88 Å². The van der Waals surface area contributed by atoms with Crippen LogP contribution in [0.4, 0.5) is 5.69 Å². The second kappa shape index (κ2) is 5.44. The maximum absolute atomic E-state index is 6.05. The molecule has 0 aliphatic heterocycles. The van der Waals surface area contributed by atoms with Crippen LogP contribution in [0.5, 0.6) is 11.6 Å². The predicted octanol–water partition coefficient (Wildman–Crippen LogP) is 4.48. The molecule has 0 saturated heterocycles. The van der Waals surface area contributed by atoms with Crippen molar-refractivity contribution < 1.29 is 4.74 Å². The van der Waals surface area contributed by atoms with E-state index in [4.69, 9.17) is 10.5 Å². The van der Waals surface area contributed by atoms with Crippen LogP contribution in [0.2, 0.25) is 0 Å². The standard InChI is InChI=1S/C18H18N2O/c1-3-13-8-9-17(15(19)11-13)21-18-12(2)10-14-6-4-5-7-16(14)20-18/h4-11H,3,19H2,1-2H3. The number of pyridine rings is 1. The number of aryl methyl sites for hydroxylation is 2. The number of hydrogen-bond acceptors (Lipinski definition) is 3. The summed E-state index contributed by atoms with van der Waals surface area (Å²) in [5, 5.41) is 1.11. The third-order valence-corrected chi connectivity index (χ3v) is 3.56. The van der Waals surface area contributed by atoms with Crippen LogP contribution >= 0.6 is 0 Å². The zero-order chi connectivity index (χ0) is 14.8. The summed E-state index contributed by atoms with van der Waals surface area (Å²) >= 11 is 0. The van der Waals surface area contributed by atoms with Crippen molar-refractivity contribution in [1.82, 2.24) is 4.98 Å². The van der Waals surface area contributed by atoms with Crippen molar-refractivity contribution in [2.24, 2.45) is 0 Å². The normalized spacial score (nSPS) is 10.8. The van der Waals surface area contributed by atoms with Crippen molar-refractivity contribution >= 4 is 16.6 Å². The molecule has 0 aliphatic carbocycles. The fourth-order valence-electron chi connectivity index (χ4n) is 2.32. The van der Waals surface area contributed by atoms with Gasteiger partial charge in [0.1, 0.15) is 0 Å². The lowest BCUT2D eigenvalue weighted by atomic mass is 10.1. The van der Waals surface area contributed by atoms with Crippen molar-refractivity contribution in [2.75, 3.05) is 5.73 Å². The average Bonchev–Trinajstić information content (AvgIpc) is 2.49. The molecule has 0 spiro atoms. The lowest BCUT2D eigenvalue weighted by Crippen LogP contribution is -1.97. The number of para-hydroxylation sites is 1. The Kier molecular flexibility index (Phi) is 3.48. The number of fused-ring (bicyclic) bond motifs is 1. The van der Waals surface area contributed by atoms with E-state index in [1.807, 2.05) is 49.4 Å². The summed E-state index contributed by atoms with van der Waals surface area (Å²) in [5.41, 5.74) is 9.81. The van der Waals surface area contributed by atoms with Crippen LogP contribution in [0.25, 0.3) is 10.9 Å². The smallest absolute Gasteiger partial charge is 0.222 e. The number of nitrogen functional groups attached to an aromatic ring is 1. The highest BCUT2D eigenvalue weighted by Gasteiger charge is 2.08. The largest absolute Gasteiger partial charge is 0.437 e. The average molecular weight is 278 g/mol. The third kappa shape index (κ3) is 2.68. The second-order valence-corrected chi connectivity index (χ2v) is 5.13. The van der Waals surface area contributed by atoms with Crippen LogP contribution in [0.15, 0.2) is 48.5 Å². The lowest BCUT2D eigenvalue weighted by molar-refractivity contribution is 0.463. The molecule has 1 heterocycles. The molecule has 2 aromatic carbocycles. The van der Waals surface area contributed by atoms with Gasteiger partial charge < -0.3 is 10.5 Å². The summed E-state index contributed by atoms with van der Waals surface area (Å²) in [4.78, 5) is 4.58. The number of ether oxygens (including phenoxy) is 1. The molecule has 0 unspecified atom stereocenters. The monoisotopic (exact) mass is 278 g/mol. The fraction of sp³-hybridized carbons (Fsp3) is 0.167. The van der Waals surface area contributed by atoms with E-state index in [0.717, 1.165) is 22.9 Å². The minimum absolute atomic E-state index is 0.602. The molecule has 0 aliphatic rings. The number of anilines is 1. The summed E-state index contributed by atoms with van der Waals surface area (Å²) in [6.07, 6.45) is 0.956. The molecular weight excluding hydrogens is 260 g/mol. The molecule has 2 N–H and O–H groups in total. The number of nitrogens with two attached hydrogens (primary N) is 1. The molecule has 3 nitrogen and oxygen atoms in total. The van der Waals surface area contributed by atoms with Crippen LogP contribution < -0.4 is 10.5 Å². The molecule has 21 heavy (non-hydrogen) atoms. The minimum atomic E-state index is 0.602. The highest BCUT2D eigenvalue weighted by molar-refractivity contribution is 5.80. The Morgan fingerprint density at radius 3 is 2.67 bits per heavy atom. The van der Waals surface area contributed by atoms with Crippen LogP contribution in [-0.4, -0.2) is 4.98 Å². The van der Waals surface area contributed by atoms with Gasteiger partial charge in [0.15, 0.2) is 5.75 Å². The minimum Gasteiger partial charge on any atom is -0.437 e. The van der Waals surface area contributed by atoms with Crippen molar-refractivity contribution in [1.29, 1.82) is 0 Å². The van der Waals surface area contributed by atoms with Gasteiger partial charge in [0.05, 0.1) is 11.2 Å². The van der Waals surface area contributed by atoms with Gasteiger partial charge in [-0.1, -0.05) is 31.2 Å². The number of aromatic nitrogens is 1. The SMILES string of the molecule is CCc1ccc(Oc2nc3ccccc3cc2C)c(N)c1. The highest BCUT2D eigenvalue weighted by Crippen LogP contribution is 2.30. The summed E-state index contributed by atoms with van der Waals surface area (Å²) in [6.45, 7) is 4.09. The molecule has 0 bridgehead atoms. The molecule has 3 heteroatoms. The van der Waals surface area contributed by atoms with E-state index in [0.29, 0.717) is 17.3 Å². The molecule has 3 rings (SSSR count). The first-order valence-electron chi connectivity index (χ1n) is 7.10. The fourth-order valence-corrected chi connectivity index (χ4v) is 2.32. The molecule has 3 aromatic rings. The summed E-state index contributed by atoms with van der Waals surface area (Å²) in [6, 6.07) is 16.0. The number of benzene rings is 2. The van der Waals surface area contributed by atoms with E-state index < -0.39 is 0 Å². The molecule has 106 valence electrons. The van der Waals surface area contributed by atoms with Crippen LogP contribution in [0, 0.1) is 6.92 Å². The molecule has 0 radical (unpaired) electrons. The van der Waals surface area contributed by atoms with Crippen LogP contribution in [0.1, 0.15) is 18.1 Å². The van der Waals surface area contributed by atoms with Crippen LogP contribution in [-0.2, 0) is 6.42 Å². The summed E-state index contributed by atoms with van der Waals surface area (Å²) in [7, 11) is 0. The zero-order valence-corrected chi connectivity index (χ0v) is 12.3. The Bertz CT molecular complexity index is 796. The van der Waals surface area contributed by atoms with Gasteiger partial charge >= 0.3 is 0 Å². The lowest BCUT2D eigenvalue weighted by Gasteiger charge is -2.11. The zero-order valence-electron chi connectivity index (χ0n) is 12.3. The second-order valence-electron chi connectivity index (χ2n) is 5.13. The van der Waals surface area contributed by atoms with E-state index in [1.54, 1.807) is 0 Å². The first kappa shape index (κ1) is 13.4. The van der Waals surface area contributed by atoms with E-state index in [9.17, 15) is 0 Å². The van der Waals surface area contributed by atoms with Crippen LogP contribution in [0.3, 0.4) is 0 Å². The van der Waals surface area contributed by atoms with Gasteiger partial charge in [-0.25, -0.2) is 4.98 Å². The molecule has 1 aromatic heterocycles. The Balaban J connectivity index is 1.99. The predicted molar refractivity (Wildman–Crippen MR) is 86.8 cm³/mol. The van der Waals surface area contributed by atoms with Gasteiger partial charge in [-0.2, -0.15) is 0 Å². The molecular formula is C18H18N2O. The van der Waals surface area contributed by atoms with Crippen molar-refractivity contribution in [2.45, 2.75) is 20.3 Å². The maximum atomic E-state index is 6.05. The molecule has 0 amide bonds. The maximum Gasteiger partial charge on any atom is 0.222 e. The van der Waals surface area contributed by atoms with Gasteiger partial charge in [-0.05, 0) is 43.2 Å². The Morgan fingerprint density at radius 2 is 1.90 bits per heavy atom. The number of rotatable bonds is 3. The first-order chi connectivity index (χ1) is 10.2. The number of nitrogens with zero attached hydrogens (tertiary/aromatic N) is 1. The first-order valence-corrected chi connectivity index (χ1v) is 7.10. The highest BCUT2D eigenvalue weighted by atomic mass is 16.5. The van der Waals surface area contributed by atoms with E-state index in [2.05, 4.69) is 18.0 Å². The summed E-state index contributed by atoms with van der Waals surface area (Å²) in [5.74, 6) is 1.25. The molecule has 0 saturated carbocycles. The number of hydrogen-bond donors (Lipinski definition) is 1. The topological polar surface area (TPSA) is 48.1 Å². The molecule has 0 atom stereocenters. The third-order valence-electron chi connectivity index (χ3n) is 3.56. The van der Waals surface area contributed by atoms with Gasteiger partial charge in [0.25, 0.3) is 0 Å². The van der Waals surface area contributed by atoms with Crippen molar-refractivity contribution in [3.05, 3.63) is 59.7 Å². The Labute approximate surface area is 124 Å². The van der Waals surface area contributed by atoms with Crippen molar-refractivity contribution in [3.8, 4) is 11.6 Å². The van der Waals surface area contributed by atoms with Gasteiger partial charge in [0, 0.05) is 10.9 Å². The summed E-state index contributed by atoms with van der Waals surface area (Å²) < 4.78 is 5.91. The Hall–Kier alpha value is -2.55. The van der Waals surface area contributed by atoms with Gasteiger partial charge in [-0.15, -0.1) is 0 Å².